The third-order valence-corrected chi connectivity index (χ3v) is 4.50. The van der Waals surface area contributed by atoms with Crippen LogP contribution in [-0.4, -0.2) is 4.98 Å². The summed E-state index contributed by atoms with van der Waals surface area (Å²) in [4.78, 5) is 6.75. The van der Waals surface area contributed by atoms with Gasteiger partial charge < -0.3 is 9.88 Å². The van der Waals surface area contributed by atoms with Gasteiger partial charge in [0.1, 0.15) is 0 Å². The maximum Gasteiger partial charge on any atom is 0.0446 e. The van der Waals surface area contributed by atoms with Crippen molar-refractivity contribution in [2.24, 2.45) is 0 Å². The number of aryl methyl sites for hydroxylation is 2. The van der Waals surface area contributed by atoms with Crippen LogP contribution in [-0.2, 0) is 20.1 Å². The number of nitrogens with zero attached hydrogens (tertiary/aromatic N) is 2. The van der Waals surface area contributed by atoms with Crippen LogP contribution < -0.4 is 4.90 Å². The predicted molar refractivity (Wildman–Crippen MR) is 113 cm³/mol. The molecule has 0 fully saturated rings. The van der Waals surface area contributed by atoms with Gasteiger partial charge in [0.15, 0.2) is 0 Å². The van der Waals surface area contributed by atoms with E-state index in [-0.39, 0.29) is 20.1 Å². The van der Waals surface area contributed by atoms with E-state index in [4.69, 9.17) is 0 Å². The molecular weight excluding hydrogens is 521 g/mol. The van der Waals surface area contributed by atoms with Crippen LogP contribution in [0.15, 0.2) is 91.1 Å². The first-order valence-electron chi connectivity index (χ1n) is 9.07. The number of anilines is 3. The average Bonchev–Trinajstić information content (AvgIpc) is 2.69. The van der Waals surface area contributed by atoms with Crippen molar-refractivity contribution in [2.75, 3.05) is 4.90 Å². The van der Waals surface area contributed by atoms with E-state index in [9.17, 15) is 0 Å². The molecule has 0 atom stereocenters. The first-order chi connectivity index (χ1) is 13.2. The number of rotatable bonds is 4. The number of hydrogen-bond donors (Lipinski definition) is 0. The van der Waals surface area contributed by atoms with Crippen molar-refractivity contribution in [3.05, 3.63) is 108 Å². The molecule has 4 aromatic rings. The summed E-state index contributed by atoms with van der Waals surface area (Å²) in [7, 11) is 0. The third-order valence-electron chi connectivity index (χ3n) is 4.50. The van der Waals surface area contributed by atoms with Crippen LogP contribution >= 0.6 is 0 Å². The van der Waals surface area contributed by atoms with Gasteiger partial charge in [-0.3, -0.25) is 0 Å². The summed E-state index contributed by atoms with van der Waals surface area (Å²) < 4.78 is 0. The summed E-state index contributed by atoms with van der Waals surface area (Å²) in [5.41, 5.74) is 7.74. The summed E-state index contributed by atoms with van der Waals surface area (Å²) in [5, 5.41) is 0. The molecule has 0 bridgehead atoms. The van der Waals surface area contributed by atoms with Crippen molar-refractivity contribution < 1.29 is 20.1 Å². The Bertz CT molecular complexity index is 1020. The van der Waals surface area contributed by atoms with Gasteiger partial charge in [0.25, 0.3) is 0 Å². The molecule has 4 rings (SSSR count). The minimum Gasteiger partial charge on any atom is -0.328 e. The van der Waals surface area contributed by atoms with Crippen LogP contribution in [0, 0.1) is 19.9 Å². The maximum atomic E-state index is 4.47. The Hall–Kier alpha value is -2.74. The third kappa shape index (κ3) is 4.39. The molecule has 1 heterocycles. The van der Waals surface area contributed by atoms with Gasteiger partial charge in [-0.1, -0.05) is 36.4 Å². The molecule has 3 aromatic carbocycles. The van der Waals surface area contributed by atoms with Gasteiger partial charge in [0.05, 0.1) is 0 Å². The largest absolute Gasteiger partial charge is 0.328 e. The van der Waals surface area contributed by atoms with Crippen LogP contribution in [0.4, 0.5) is 17.1 Å². The van der Waals surface area contributed by atoms with Gasteiger partial charge >= 0.3 is 0 Å². The van der Waals surface area contributed by atoms with Crippen molar-refractivity contribution in [3.8, 4) is 11.3 Å². The van der Waals surface area contributed by atoms with Crippen molar-refractivity contribution in [1.82, 2.24) is 4.98 Å². The van der Waals surface area contributed by atoms with E-state index in [1.54, 1.807) is 0 Å². The second-order valence-corrected chi connectivity index (χ2v) is 6.69. The van der Waals surface area contributed by atoms with Crippen LogP contribution in [0.1, 0.15) is 11.1 Å². The zero-order valence-corrected chi connectivity index (χ0v) is 18.3. The molecule has 3 heteroatoms. The van der Waals surface area contributed by atoms with Crippen LogP contribution in [0.3, 0.4) is 0 Å². The summed E-state index contributed by atoms with van der Waals surface area (Å²) in [6.07, 6.45) is 1.81. The topological polar surface area (TPSA) is 16.1 Å². The van der Waals surface area contributed by atoms with E-state index >= 15 is 0 Å². The quantitative estimate of drug-likeness (QED) is 0.270. The average molecular weight is 542 g/mol. The molecule has 1 aromatic heterocycles. The normalized spacial score (nSPS) is 10.2. The molecule has 0 aliphatic carbocycles. The molecule has 0 saturated carbocycles. The fourth-order valence-corrected chi connectivity index (χ4v) is 3.24. The van der Waals surface area contributed by atoms with Crippen molar-refractivity contribution in [3.63, 3.8) is 0 Å². The Balaban J connectivity index is 0.00000225. The molecule has 0 N–H and O–H groups in total. The predicted octanol–water partition coefficient (Wildman–Crippen LogP) is 6.63. The zero-order chi connectivity index (χ0) is 18.6. The first-order valence-corrected chi connectivity index (χ1v) is 9.07. The fourth-order valence-electron chi connectivity index (χ4n) is 3.24. The summed E-state index contributed by atoms with van der Waals surface area (Å²) in [6, 6.07) is 32.6. The first kappa shape index (κ1) is 20.0. The van der Waals surface area contributed by atoms with Gasteiger partial charge in [-0.15, -0.1) is 29.8 Å². The fraction of sp³-hybridized carbons (Fsp3) is 0.0800. The van der Waals surface area contributed by atoms with Crippen molar-refractivity contribution in [1.29, 1.82) is 0 Å². The van der Waals surface area contributed by atoms with Gasteiger partial charge in [-0.2, -0.15) is 0 Å². The monoisotopic (exact) mass is 542 g/mol. The molecule has 0 spiro atoms. The summed E-state index contributed by atoms with van der Waals surface area (Å²) in [6.45, 7) is 4.24. The second-order valence-electron chi connectivity index (χ2n) is 6.69. The van der Waals surface area contributed by atoms with Gasteiger partial charge in [0.2, 0.25) is 0 Å². The van der Waals surface area contributed by atoms with Crippen molar-refractivity contribution in [2.45, 2.75) is 13.8 Å². The maximum absolute atomic E-state index is 4.47. The molecular formula is C25H21IrN2-. The van der Waals surface area contributed by atoms with Crippen LogP contribution in [0.2, 0.25) is 0 Å². The van der Waals surface area contributed by atoms with Crippen LogP contribution in [0.5, 0.6) is 0 Å². The smallest absolute Gasteiger partial charge is 0.0446 e. The number of hydrogen-bond acceptors (Lipinski definition) is 2. The van der Waals surface area contributed by atoms with Crippen molar-refractivity contribution >= 4 is 17.1 Å². The number of aromatic nitrogens is 1. The molecule has 0 aliphatic rings. The minimum atomic E-state index is 0. The van der Waals surface area contributed by atoms with E-state index in [1.165, 1.54) is 11.1 Å². The van der Waals surface area contributed by atoms with Gasteiger partial charge in [-0.05, 0) is 66.7 Å². The van der Waals surface area contributed by atoms with E-state index in [0.29, 0.717) is 0 Å². The Morgan fingerprint density at radius 2 is 1.36 bits per heavy atom. The molecule has 1 radical (unpaired) electrons. The zero-order valence-electron chi connectivity index (χ0n) is 15.9. The van der Waals surface area contributed by atoms with E-state index in [0.717, 1.165) is 28.3 Å². The number of pyridine rings is 1. The Morgan fingerprint density at radius 3 is 1.93 bits per heavy atom. The summed E-state index contributed by atoms with van der Waals surface area (Å²) >= 11 is 0. The van der Waals surface area contributed by atoms with E-state index < -0.39 is 0 Å². The van der Waals surface area contributed by atoms with Crippen LogP contribution in [0.25, 0.3) is 11.3 Å². The molecule has 0 aliphatic heterocycles. The second kappa shape index (κ2) is 8.97. The van der Waals surface area contributed by atoms with E-state index in [1.807, 2.05) is 30.5 Å². The Kier molecular flexibility index (Phi) is 6.41. The molecule has 0 saturated heterocycles. The molecule has 0 unspecified atom stereocenters. The number of benzene rings is 3. The van der Waals surface area contributed by atoms with E-state index in [2.05, 4.69) is 90.5 Å². The van der Waals surface area contributed by atoms with Gasteiger partial charge in [-0.25, -0.2) is 0 Å². The minimum absolute atomic E-state index is 0. The Labute approximate surface area is 180 Å². The molecule has 28 heavy (non-hydrogen) atoms. The summed E-state index contributed by atoms with van der Waals surface area (Å²) in [5.74, 6) is 0. The molecule has 0 amide bonds. The molecule has 141 valence electrons. The SMILES string of the molecule is Cc1cccc(N(c2cc[c-]c(-c3ccccn3)c2)c2cccc(C)c2)c1.[Ir]. The van der Waals surface area contributed by atoms with Gasteiger partial charge in [0, 0.05) is 37.7 Å². The molecule has 2 nitrogen and oxygen atoms in total. The standard InChI is InChI=1S/C25H21N2.Ir/c1-19-8-5-11-22(16-19)27(23-12-6-9-20(2)17-23)24-13-7-10-21(18-24)25-14-3-4-15-26-25;/h3-9,11-18H,1-2H3;/q-1;. The Morgan fingerprint density at radius 1 is 0.714 bits per heavy atom.